The predicted octanol–water partition coefficient (Wildman–Crippen LogP) is 2.97. The van der Waals surface area contributed by atoms with Crippen molar-refractivity contribution in [2.24, 2.45) is 4.99 Å². The van der Waals surface area contributed by atoms with Crippen LogP contribution < -0.4 is 4.90 Å². The van der Waals surface area contributed by atoms with Gasteiger partial charge in [0.15, 0.2) is 0 Å². The lowest BCUT2D eigenvalue weighted by atomic mass is 10.2. The normalized spacial score (nSPS) is 15.9. The lowest BCUT2D eigenvalue weighted by Gasteiger charge is -2.19. The molecule has 0 aromatic heterocycles. The molecular formula is C11H13ClN2. The summed E-state index contributed by atoms with van der Waals surface area (Å²) in [7, 11) is 0. The van der Waals surface area contributed by atoms with Crippen LogP contribution in [0.15, 0.2) is 29.3 Å². The van der Waals surface area contributed by atoms with Crippen molar-refractivity contribution in [3.05, 3.63) is 29.3 Å². The van der Waals surface area contributed by atoms with Crippen molar-refractivity contribution >= 4 is 23.1 Å². The van der Waals surface area contributed by atoms with Crippen LogP contribution in [0.2, 0.25) is 5.02 Å². The minimum Gasteiger partial charge on any atom is -0.328 e. The van der Waals surface area contributed by atoms with Crippen molar-refractivity contribution in [3.8, 4) is 0 Å². The molecule has 1 aliphatic rings. The number of hydrogen-bond acceptors (Lipinski definition) is 2. The molecule has 0 bridgehead atoms. The van der Waals surface area contributed by atoms with Crippen molar-refractivity contribution in [2.45, 2.75) is 13.3 Å². The maximum atomic E-state index is 5.84. The largest absolute Gasteiger partial charge is 0.328 e. The van der Waals surface area contributed by atoms with E-state index in [0.29, 0.717) is 0 Å². The molecule has 0 saturated carbocycles. The molecule has 1 aromatic carbocycles. The summed E-state index contributed by atoms with van der Waals surface area (Å²) in [6.45, 7) is 4.03. The van der Waals surface area contributed by atoms with E-state index in [-0.39, 0.29) is 0 Å². The van der Waals surface area contributed by atoms with E-state index in [0.717, 1.165) is 24.5 Å². The van der Waals surface area contributed by atoms with Gasteiger partial charge in [0.1, 0.15) is 5.84 Å². The number of benzene rings is 1. The minimum atomic E-state index is 0.780. The Morgan fingerprint density at radius 2 is 2.07 bits per heavy atom. The summed E-state index contributed by atoms with van der Waals surface area (Å²) in [6.07, 6.45) is 0.989. The first-order chi connectivity index (χ1) is 6.81. The van der Waals surface area contributed by atoms with Crippen LogP contribution >= 0.6 is 11.6 Å². The van der Waals surface area contributed by atoms with E-state index in [1.54, 1.807) is 0 Å². The van der Waals surface area contributed by atoms with Crippen molar-refractivity contribution in [1.82, 2.24) is 0 Å². The zero-order chi connectivity index (χ0) is 9.97. The SMILES string of the molecule is CCC1=NCCN1c1ccc(Cl)cc1. The first-order valence-electron chi connectivity index (χ1n) is 4.87. The van der Waals surface area contributed by atoms with E-state index in [1.807, 2.05) is 24.3 Å². The monoisotopic (exact) mass is 208 g/mol. The van der Waals surface area contributed by atoms with Gasteiger partial charge < -0.3 is 4.90 Å². The van der Waals surface area contributed by atoms with E-state index in [9.17, 15) is 0 Å². The van der Waals surface area contributed by atoms with Gasteiger partial charge in [0, 0.05) is 23.7 Å². The fourth-order valence-electron chi connectivity index (χ4n) is 1.70. The van der Waals surface area contributed by atoms with Gasteiger partial charge in [-0.1, -0.05) is 18.5 Å². The van der Waals surface area contributed by atoms with Gasteiger partial charge in [-0.15, -0.1) is 0 Å². The van der Waals surface area contributed by atoms with Gasteiger partial charge in [0.05, 0.1) is 6.54 Å². The van der Waals surface area contributed by atoms with Crippen LogP contribution in [0.1, 0.15) is 13.3 Å². The van der Waals surface area contributed by atoms with Crippen LogP contribution in [0, 0.1) is 0 Å². The van der Waals surface area contributed by atoms with Crippen molar-refractivity contribution in [2.75, 3.05) is 18.0 Å². The Kier molecular flexibility index (Phi) is 2.73. The summed E-state index contributed by atoms with van der Waals surface area (Å²) in [5, 5.41) is 0.780. The van der Waals surface area contributed by atoms with E-state index in [2.05, 4.69) is 16.8 Å². The molecule has 0 unspecified atom stereocenters. The van der Waals surface area contributed by atoms with Gasteiger partial charge >= 0.3 is 0 Å². The molecule has 3 heteroatoms. The molecule has 2 rings (SSSR count). The van der Waals surface area contributed by atoms with Gasteiger partial charge in [0.2, 0.25) is 0 Å². The fraction of sp³-hybridized carbons (Fsp3) is 0.364. The second-order valence-corrected chi connectivity index (χ2v) is 3.72. The van der Waals surface area contributed by atoms with Crippen LogP contribution in [0.4, 0.5) is 5.69 Å². The molecule has 2 nitrogen and oxygen atoms in total. The third-order valence-corrected chi connectivity index (χ3v) is 2.64. The summed E-state index contributed by atoms with van der Waals surface area (Å²) in [5.74, 6) is 1.17. The average molecular weight is 209 g/mol. The van der Waals surface area contributed by atoms with Crippen molar-refractivity contribution in [1.29, 1.82) is 0 Å². The Morgan fingerprint density at radius 1 is 1.36 bits per heavy atom. The zero-order valence-corrected chi connectivity index (χ0v) is 8.96. The Balaban J connectivity index is 2.23. The lowest BCUT2D eigenvalue weighted by Crippen LogP contribution is -2.26. The summed E-state index contributed by atoms with van der Waals surface area (Å²) in [5.41, 5.74) is 1.19. The van der Waals surface area contributed by atoms with Crippen LogP contribution in [0.25, 0.3) is 0 Å². The second kappa shape index (κ2) is 4.01. The van der Waals surface area contributed by atoms with Gasteiger partial charge in [-0.3, -0.25) is 4.99 Å². The molecule has 0 fully saturated rings. The summed E-state index contributed by atoms with van der Waals surface area (Å²) >= 11 is 5.84. The van der Waals surface area contributed by atoms with Gasteiger partial charge in [-0.05, 0) is 24.3 Å². The molecule has 0 atom stereocenters. The maximum absolute atomic E-state index is 5.84. The summed E-state index contributed by atoms with van der Waals surface area (Å²) < 4.78 is 0. The highest BCUT2D eigenvalue weighted by Gasteiger charge is 2.16. The highest BCUT2D eigenvalue weighted by atomic mass is 35.5. The molecule has 0 N–H and O–H groups in total. The quantitative estimate of drug-likeness (QED) is 0.730. The molecular weight excluding hydrogens is 196 g/mol. The van der Waals surface area contributed by atoms with Gasteiger partial charge in [0.25, 0.3) is 0 Å². The summed E-state index contributed by atoms with van der Waals surface area (Å²) in [4.78, 5) is 6.69. The highest BCUT2D eigenvalue weighted by molar-refractivity contribution is 6.30. The number of nitrogens with zero attached hydrogens (tertiary/aromatic N) is 2. The third-order valence-electron chi connectivity index (χ3n) is 2.38. The van der Waals surface area contributed by atoms with Gasteiger partial charge in [-0.25, -0.2) is 0 Å². The standard InChI is InChI=1S/C11H13ClN2/c1-2-11-13-7-8-14(11)10-5-3-9(12)4-6-10/h3-6H,2,7-8H2,1H3. The van der Waals surface area contributed by atoms with E-state index < -0.39 is 0 Å². The van der Waals surface area contributed by atoms with E-state index in [4.69, 9.17) is 11.6 Å². The number of anilines is 1. The molecule has 0 saturated heterocycles. The van der Waals surface area contributed by atoms with Crippen LogP contribution in [-0.2, 0) is 0 Å². The second-order valence-electron chi connectivity index (χ2n) is 3.28. The number of aliphatic imine (C=N–C) groups is 1. The number of rotatable bonds is 2. The molecule has 0 spiro atoms. The molecule has 0 radical (unpaired) electrons. The first kappa shape index (κ1) is 9.53. The van der Waals surface area contributed by atoms with Crippen LogP contribution in [0.3, 0.4) is 0 Å². The third kappa shape index (κ3) is 1.75. The Bertz CT molecular complexity index is 343. The van der Waals surface area contributed by atoms with E-state index >= 15 is 0 Å². The van der Waals surface area contributed by atoms with Crippen LogP contribution in [0.5, 0.6) is 0 Å². The Morgan fingerprint density at radius 3 is 2.71 bits per heavy atom. The number of hydrogen-bond donors (Lipinski definition) is 0. The molecule has 0 amide bonds. The van der Waals surface area contributed by atoms with Crippen LogP contribution in [-0.4, -0.2) is 18.9 Å². The molecule has 74 valence electrons. The maximum Gasteiger partial charge on any atom is 0.103 e. The first-order valence-corrected chi connectivity index (χ1v) is 5.25. The fourth-order valence-corrected chi connectivity index (χ4v) is 1.82. The Hall–Kier alpha value is -1.02. The minimum absolute atomic E-state index is 0.780. The number of amidine groups is 1. The smallest absolute Gasteiger partial charge is 0.103 e. The highest BCUT2D eigenvalue weighted by Crippen LogP contribution is 2.21. The molecule has 1 aromatic rings. The predicted molar refractivity (Wildman–Crippen MR) is 61.4 cm³/mol. The molecule has 1 heterocycles. The van der Waals surface area contributed by atoms with Crippen molar-refractivity contribution in [3.63, 3.8) is 0 Å². The van der Waals surface area contributed by atoms with E-state index in [1.165, 1.54) is 11.5 Å². The van der Waals surface area contributed by atoms with Crippen molar-refractivity contribution < 1.29 is 0 Å². The average Bonchev–Trinajstić information content (AvgIpc) is 2.67. The Labute approximate surface area is 89.2 Å². The lowest BCUT2D eigenvalue weighted by molar-refractivity contribution is 1.02. The van der Waals surface area contributed by atoms with Gasteiger partial charge in [-0.2, -0.15) is 0 Å². The topological polar surface area (TPSA) is 15.6 Å². The molecule has 1 aliphatic heterocycles. The summed E-state index contributed by atoms with van der Waals surface area (Å²) in [6, 6.07) is 7.92. The zero-order valence-electron chi connectivity index (χ0n) is 8.20. The molecule has 14 heavy (non-hydrogen) atoms. The molecule has 0 aliphatic carbocycles. The number of halogens is 1.